The van der Waals surface area contributed by atoms with Crippen molar-refractivity contribution in [1.29, 1.82) is 0 Å². The summed E-state index contributed by atoms with van der Waals surface area (Å²) < 4.78 is 7.44. The Morgan fingerprint density at radius 2 is 1.81 bits per heavy atom. The molecule has 0 atom stereocenters. The summed E-state index contributed by atoms with van der Waals surface area (Å²) >= 11 is 5.92. The van der Waals surface area contributed by atoms with Gasteiger partial charge in [-0.25, -0.2) is 0 Å². The van der Waals surface area contributed by atoms with Crippen molar-refractivity contribution in [2.75, 3.05) is 13.7 Å². The summed E-state index contributed by atoms with van der Waals surface area (Å²) in [6.45, 7) is 0.466. The van der Waals surface area contributed by atoms with Crippen molar-refractivity contribution >= 4 is 36.8 Å². The van der Waals surface area contributed by atoms with Gasteiger partial charge in [-0.2, -0.15) is 0 Å². The van der Waals surface area contributed by atoms with Gasteiger partial charge in [-0.05, 0) is 0 Å². The fourth-order valence-electron chi connectivity index (χ4n) is 1.73. The molecule has 2 aromatic rings. The van der Waals surface area contributed by atoms with Gasteiger partial charge >= 0.3 is 136 Å². The molecule has 0 aliphatic rings. The van der Waals surface area contributed by atoms with Gasteiger partial charge in [-0.1, -0.05) is 0 Å². The monoisotopic (exact) mass is 366 g/mol. The van der Waals surface area contributed by atoms with Crippen LogP contribution in [0.1, 0.15) is 10.4 Å². The summed E-state index contributed by atoms with van der Waals surface area (Å²) in [7, 11) is 1.64. The normalized spacial score (nSPS) is 11.4. The molecule has 2 nitrogen and oxygen atoms in total. The molecule has 21 heavy (non-hydrogen) atoms. The molecule has 0 N–H and O–H groups in total. The Balaban J connectivity index is 2.16. The van der Waals surface area contributed by atoms with Gasteiger partial charge in [0.2, 0.25) is 0 Å². The van der Waals surface area contributed by atoms with Crippen LogP contribution in [0.15, 0.2) is 65.1 Å². The number of hydrogen-bond acceptors (Lipinski definition) is 2. The van der Waals surface area contributed by atoms with Gasteiger partial charge in [0.15, 0.2) is 0 Å². The van der Waals surface area contributed by atoms with Crippen molar-refractivity contribution in [3.05, 3.63) is 75.7 Å². The van der Waals surface area contributed by atoms with E-state index >= 15 is 0 Å². The molecule has 0 saturated carbocycles. The Bertz CT molecular complexity index is 621. The van der Waals surface area contributed by atoms with Gasteiger partial charge in [0.1, 0.15) is 0 Å². The summed E-state index contributed by atoms with van der Waals surface area (Å²) in [4.78, 5) is 12.3. The second kappa shape index (κ2) is 8.16. The molecule has 0 aliphatic carbocycles. The first-order chi connectivity index (χ1) is 10.2. The Kier molecular flexibility index (Phi) is 6.21. The van der Waals surface area contributed by atoms with Gasteiger partial charge in [-0.15, -0.1) is 0 Å². The molecule has 0 spiro atoms. The molecule has 0 amide bonds. The molecule has 108 valence electrons. The number of halogens is 1. The van der Waals surface area contributed by atoms with Crippen LogP contribution in [-0.2, 0) is 4.74 Å². The Labute approximate surface area is 135 Å². The topological polar surface area (TPSA) is 26.3 Å². The summed E-state index contributed by atoms with van der Waals surface area (Å²) in [6.07, 6.45) is 1.68. The Hall–Kier alpha value is -1.38. The van der Waals surface area contributed by atoms with E-state index in [-0.39, 0.29) is 20.7 Å². The van der Waals surface area contributed by atoms with Gasteiger partial charge < -0.3 is 0 Å². The van der Waals surface area contributed by atoms with Crippen molar-refractivity contribution in [2.24, 2.45) is 0 Å². The number of rotatable bonds is 6. The van der Waals surface area contributed by atoms with Crippen LogP contribution in [0.25, 0.3) is 0 Å². The van der Waals surface area contributed by atoms with Crippen molar-refractivity contribution < 1.29 is 9.53 Å². The molecule has 0 unspecified atom stereocenters. The zero-order valence-electron chi connectivity index (χ0n) is 11.6. The van der Waals surface area contributed by atoms with Crippen LogP contribution in [0.5, 0.6) is 0 Å². The second-order valence-corrected chi connectivity index (χ2v) is 7.28. The van der Waals surface area contributed by atoms with E-state index in [9.17, 15) is 4.79 Å². The first kappa shape index (κ1) is 16.0. The van der Waals surface area contributed by atoms with E-state index in [1.807, 2.05) is 18.2 Å². The molecule has 0 radical (unpaired) electrons. The third-order valence-corrected chi connectivity index (χ3v) is 5.06. The van der Waals surface area contributed by atoms with E-state index in [0.29, 0.717) is 17.2 Å². The maximum atomic E-state index is 12.3. The number of methoxy groups -OCH3 is 1. The van der Waals surface area contributed by atoms with E-state index in [1.165, 1.54) is 4.46 Å². The molecule has 0 saturated heterocycles. The van der Waals surface area contributed by atoms with Crippen LogP contribution in [-0.4, -0.2) is 34.5 Å². The van der Waals surface area contributed by atoms with Gasteiger partial charge in [0.05, 0.1) is 0 Å². The number of hydrogen-bond donors (Lipinski definition) is 0. The van der Waals surface area contributed by atoms with Crippen LogP contribution in [0.3, 0.4) is 0 Å². The van der Waals surface area contributed by atoms with Crippen molar-refractivity contribution in [3.8, 4) is 0 Å². The molecule has 4 heteroatoms. The first-order valence-electron chi connectivity index (χ1n) is 6.41. The number of benzene rings is 2. The van der Waals surface area contributed by atoms with Crippen LogP contribution >= 0.6 is 11.6 Å². The van der Waals surface area contributed by atoms with E-state index in [0.717, 1.165) is 4.47 Å². The molecule has 0 aromatic heterocycles. The average Bonchev–Trinajstić information content (AvgIpc) is 2.49. The van der Waals surface area contributed by atoms with Crippen molar-refractivity contribution in [2.45, 2.75) is 0 Å². The maximum absolute atomic E-state index is 12.3. The molecule has 0 fully saturated rings. The quantitative estimate of drug-likeness (QED) is 0.447. The SMILES string of the molecule is COC/C(=C/C(=O)c1ccc(Cl)cc1)[Se]c1ccccc1. The minimum absolute atomic E-state index is 0.0171. The van der Waals surface area contributed by atoms with Crippen LogP contribution in [0.4, 0.5) is 0 Å². The van der Waals surface area contributed by atoms with Crippen LogP contribution < -0.4 is 4.46 Å². The van der Waals surface area contributed by atoms with E-state index in [2.05, 4.69) is 12.1 Å². The molecule has 0 heterocycles. The fraction of sp³-hybridized carbons (Fsp3) is 0.118. The number of carbonyl (C=O) groups is 1. The molecular formula is C17H15ClO2Se. The first-order valence-corrected chi connectivity index (χ1v) is 8.50. The molecular weight excluding hydrogens is 351 g/mol. The standard InChI is InChI=1S/C17H15ClO2Se/c1-20-12-16(21-15-5-3-2-4-6-15)11-17(19)13-7-9-14(18)10-8-13/h2-11H,12H2,1H3/b16-11-. The van der Waals surface area contributed by atoms with E-state index < -0.39 is 0 Å². The molecule has 2 aromatic carbocycles. The number of carbonyl (C=O) groups excluding carboxylic acids is 1. The van der Waals surface area contributed by atoms with Crippen molar-refractivity contribution in [3.63, 3.8) is 0 Å². The number of allylic oxidation sites excluding steroid dienone is 1. The molecule has 2 rings (SSSR count). The Morgan fingerprint density at radius 1 is 1.14 bits per heavy atom. The van der Waals surface area contributed by atoms with Gasteiger partial charge in [-0.3, -0.25) is 0 Å². The summed E-state index contributed by atoms with van der Waals surface area (Å²) in [5, 5.41) is 0.626. The van der Waals surface area contributed by atoms with Crippen LogP contribution in [0.2, 0.25) is 5.02 Å². The third-order valence-electron chi connectivity index (χ3n) is 2.70. The zero-order chi connectivity index (χ0) is 15.1. The predicted molar refractivity (Wildman–Crippen MR) is 87.6 cm³/mol. The third kappa shape index (κ3) is 5.14. The average molecular weight is 366 g/mol. The molecule has 0 bridgehead atoms. The van der Waals surface area contributed by atoms with E-state index in [1.54, 1.807) is 37.5 Å². The number of ketones is 1. The Morgan fingerprint density at radius 3 is 2.43 bits per heavy atom. The van der Waals surface area contributed by atoms with Gasteiger partial charge in [0.25, 0.3) is 0 Å². The van der Waals surface area contributed by atoms with Crippen LogP contribution in [0, 0.1) is 0 Å². The van der Waals surface area contributed by atoms with E-state index in [4.69, 9.17) is 16.3 Å². The minimum atomic E-state index is -0.0171. The second-order valence-electron chi connectivity index (χ2n) is 4.33. The predicted octanol–water partition coefficient (Wildman–Crippen LogP) is 3.08. The number of ether oxygens (including phenoxy) is 1. The summed E-state index contributed by atoms with van der Waals surface area (Å²) in [6, 6.07) is 17.0. The summed E-state index contributed by atoms with van der Waals surface area (Å²) in [5.74, 6) is -0.0171. The fourth-order valence-corrected chi connectivity index (χ4v) is 3.82. The van der Waals surface area contributed by atoms with Gasteiger partial charge in [0, 0.05) is 0 Å². The summed E-state index contributed by atoms with van der Waals surface area (Å²) in [5.41, 5.74) is 0.636. The zero-order valence-corrected chi connectivity index (χ0v) is 14.1. The van der Waals surface area contributed by atoms with Crippen molar-refractivity contribution in [1.82, 2.24) is 0 Å². The molecule has 0 aliphatic heterocycles.